The number of fused-ring (bicyclic) bond motifs is 1. The Labute approximate surface area is 152 Å². The van der Waals surface area contributed by atoms with Gasteiger partial charge in [-0.1, -0.05) is 61.0 Å². The van der Waals surface area contributed by atoms with Gasteiger partial charge in [0.05, 0.1) is 18.1 Å². The monoisotopic (exact) mass is 379 g/mol. The van der Waals surface area contributed by atoms with E-state index in [4.69, 9.17) is 23.2 Å². The van der Waals surface area contributed by atoms with Crippen molar-refractivity contribution in [1.29, 1.82) is 0 Å². The number of para-hydroxylation sites is 1. The second-order valence-corrected chi connectivity index (χ2v) is 14.5. The fourth-order valence-corrected chi connectivity index (χ4v) is 6.99. The molecule has 1 heterocycles. The SMILES string of the molecule is C[Si](C)(C)C(Sc1ccc(Cl)c(Cl)c1)c1c[nH]c2ccccc12. The molecule has 1 atom stereocenters. The number of rotatable bonds is 4. The predicted molar refractivity (Wildman–Crippen MR) is 107 cm³/mol. The van der Waals surface area contributed by atoms with Gasteiger partial charge in [0, 0.05) is 26.9 Å². The van der Waals surface area contributed by atoms with Crippen molar-refractivity contribution < 1.29 is 0 Å². The molecule has 0 saturated carbocycles. The molecular weight excluding hydrogens is 361 g/mol. The zero-order chi connectivity index (χ0) is 16.6. The maximum absolute atomic E-state index is 6.19. The molecule has 1 aromatic heterocycles. The van der Waals surface area contributed by atoms with E-state index in [0.717, 1.165) is 4.90 Å². The standard InChI is InChI=1S/C18H19Cl2NSSi/c1-23(2,3)18(22-12-8-9-15(19)16(20)10-12)14-11-21-17-7-5-4-6-13(14)17/h4-11,18,21H,1-3H3. The molecule has 120 valence electrons. The summed E-state index contributed by atoms with van der Waals surface area (Å²) in [6.07, 6.45) is 2.16. The second-order valence-electron chi connectivity index (χ2n) is 6.73. The van der Waals surface area contributed by atoms with Gasteiger partial charge >= 0.3 is 0 Å². The Morgan fingerprint density at radius 2 is 1.74 bits per heavy atom. The zero-order valence-electron chi connectivity index (χ0n) is 13.4. The minimum absolute atomic E-state index is 0.441. The third kappa shape index (κ3) is 3.63. The van der Waals surface area contributed by atoms with Crippen LogP contribution in [-0.4, -0.2) is 13.1 Å². The average molecular weight is 380 g/mol. The van der Waals surface area contributed by atoms with Gasteiger partial charge in [-0.25, -0.2) is 0 Å². The lowest BCUT2D eigenvalue weighted by Crippen LogP contribution is -2.28. The van der Waals surface area contributed by atoms with Gasteiger partial charge in [0.2, 0.25) is 0 Å². The van der Waals surface area contributed by atoms with E-state index in [2.05, 4.69) is 61.2 Å². The van der Waals surface area contributed by atoms with Crippen LogP contribution >= 0.6 is 35.0 Å². The van der Waals surface area contributed by atoms with Crippen molar-refractivity contribution in [1.82, 2.24) is 4.98 Å². The Hall–Kier alpha value is -0.873. The van der Waals surface area contributed by atoms with Crippen molar-refractivity contribution in [3.05, 3.63) is 64.3 Å². The van der Waals surface area contributed by atoms with Gasteiger partial charge < -0.3 is 4.98 Å². The molecule has 0 saturated heterocycles. The highest BCUT2D eigenvalue weighted by molar-refractivity contribution is 8.01. The molecule has 2 aromatic carbocycles. The summed E-state index contributed by atoms with van der Waals surface area (Å²) in [6, 6.07) is 14.4. The third-order valence-corrected chi connectivity index (χ3v) is 9.95. The van der Waals surface area contributed by atoms with Crippen LogP contribution in [0.15, 0.2) is 53.6 Å². The lowest BCUT2D eigenvalue weighted by atomic mass is 10.2. The molecule has 0 aliphatic heterocycles. The highest BCUT2D eigenvalue weighted by Gasteiger charge is 2.31. The molecule has 0 amide bonds. The largest absolute Gasteiger partial charge is 0.361 e. The third-order valence-electron chi connectivity index (χ3n) is 3.84. The summed E-state index contributed by atoms with van der Waals surface area (Å²) in [5.41, 5.74) is 2.58. The average Bonchev–Trinajstić information content (AvgIpc) is 2.91. The van der Waals surface area contributed by atoms with Crippen LogP contribution in [0.5, 0.6) is 0 Å². The molecule has 23 heavy (non-hydrogen) atoms. The lowest BCUT2D eigenvalue weighted by molar-refractivity contribution is 1.27. The highest BCUT2D eigenvalue weighted by Crippen LogP contribution is 2.45. The number of aromatic amines is 1. The smallest absolute Gasteiger partial charge is 0.0648 e. The molecule has 1 unspecified atom stereocenters. The van der Waals surface area contributed by atoms with Crippen molar-refractivity contribution >= 4 is 53.9 Å². The molecule has 0 aliphatic rings. The van der Waals surface area contributed by atoms with E-state index in [1.165, 1.54) is 16.5 Å². The van der Waals surface area contributed by atoms with E-state index < -0.39 is 8.07 Å². The first kappa shape index (κ1) is 17.0. The Kier molecular flexibility index (Phi) is 4.84. The van der Waals surface area contributed by atoms with E-state index >= 15 is 0 Å². The minimum Gasteiger partial charge on any atom is -0.361 e. The molecule has 5 heteroatoms. The molecule has 1 N–H and O–H groups in total. The van der Waals surface area contributed by atoms with Crippen LogP contribution < -0.4 is 0 Å². The summed E-state index contributed by atoms with van der Waals surface area (Å²) in [7, 11) is -1.46. The number of nitrogens with one attached hydrogen (secondary N) is 1. The minimum atomic E-state index is -1.46. The summed E-state index contributed by atoms with van der Waals surface area (Å²) < 4.78 is 0. The zero-order valence-corrected chi connectivity index (χ0v) is 16.7. The van der Waals surface area contributed by atoms with E-state index in [1.807, 2.05) is 23.9 Å². The van der Waals surface area contributed by atoms with Crippen molar-refractivity contribution in [3.63, 3.8) is 0 Å². The summed E-state index contributed by atoms with van der Waals surface area (Å²) in [4.78, 5) is 5.01. The van der Waals surface area contributed by atoms with Crippen molar-refractivity contribution in [2.45, 2.75) is 29.4 Å². The number of halogens is 2. The number of aromatic nitrogens is 1. The van der Waals surface area contributed by atoms with E-state index in [0.29, 0.717) is 14.9 Å². The van der Waals surface area contributed by atoms with Crippen LogP contribution in [-0.2, 0) is 0 Å². The summed E-state index contributed by atoms with van der Waals surface area (Å²) in [5, 5.41) is 2.53. The van der Waals surface area contributed by atoms with Gasteiger partial charge in [-0.05, 0) is 29.8 Å². The van der Waals surface area contributed by atoms with Crippen molar-refractivity contribution in [3.8, 4) is 0 Å². The van der Waals surface area contributed by atoms with E-state index in [1.54, 1.807) is 0 Å². The maximum Gasteiger partial charge on any atom is 0.0648 e. The van der Waals surface area contributed by atoms with Crippen LogP contribution in [0.3, 0.4) is 0 Å². The Balaban J connectivity index is 2.03. The van der Waals surface area contributed by atoms with Crippen LogP contribution in [0.25, 0.3) is 10.9 Å². The Morgan fingerprint density at radius 1 is 1.00 bits per heavy atom. The van der Waals surface area contributed by atoms with Crippen molar-refractivity contribution in [2.24, 2.45) is 0 Å². The molecule has 3 aromatic rings. The van der Waals surface area contributed by atoms with Gasteiger partial charge in [0.25, 0.3) is 0 Å². The highest BCUT2D eigenvalue weighted by atomic mass is 35.5. The first-order valence-electron chi connectivity index (χ1n) is 7.54. The Bertz CT molecular complexity index is 838. The lowest BCUT2D eigenvalue weighted by Gasteiger charge is -2.28. The molecular formula is C18H19Cl2NSSi. The Morgan fingerprint density at radius 3 is 2.43 bits per heavy atom. The molecule has 0 spiro atoms. The van der Waals surface area contributed by atoms with Crippen LogP contribution in [0.1, 0.15) is 10.4 Å². The number of hydrogen-bond donors (Lipinski definition) is 1. The first-order valence-corrected chi connectivity index (χ1v) is 12.8. The van der Waals surface area contributed by atoms with Gasteiger partial charge in [0.1, 0.15) is 0 Å². The quantitative estimate of drug-likeness (QED) is 0.374. The number of H-pyrrole nitrogens is 1. The van der Waals surface area contributed by atoms with E-state index in [-0.39, 0.29) is 0 Å². The summed E-state index contributed by atoms with van der Waals surface area (Å²) in [6.45, 7) is 7.22. The fourth-order valence-electron chi connectivity index (χ4n) is 2.70. The van der Waals surface area contributed by atoms with Gasteiger partial charge in [0.15, 0.2) is 0 Å². The van der Waals surface area contributed by atoms with Gasteiger partial charge in [-0.15, -0.1) is 11.8 Å². The first-order chi connectivity index (χ1) is 10.9. The maximum atomic E-state index is 6.19. The predicted octanol–water partition coefficient (Wildman–Crippen LogP) is 7.19. The second kappa shape index (κ2) is 6.56. The molecule has 0 bridgehead atoms. The van der Waals surface area contributed by atoms with E-state index in [9.17, 15) is 0 Å². The molecule has 0 aliphatic carbocycles. The molecule has 3 rings (SSSR count). The van der Waals surface area contributed by atoms with Crippen LogP contribution in [0.2, 0.25) is 29.7 Å². The van der Waals surface area contributed by atoms with Crippen molar-refractivity contribution in [2.75, 3.05) is 0 Å². The summed E-state index contributed by atoms with van der Waals surface area (Å²) >= 11 is 14.1. The molecule has 1 nitrogen and oxygen atoms in total. The normalized spacial score (nSPS) is 13.4. The van der Waals surface area contributed by atoms with Crippen LogP contribution in [0.4, 0.5) is 0 Å². The number of benzene rings is 2. The summed E-state index contributed by atoms with van der Waals surface area (Å²) in [5.74, 6) is 0. The molecule has 0 fully saturated rings. The fraction of sp³-hybridized carbons (Fsp3) is 0.222. The molecule has 0 radical (unpaired) electrons. The number of hydrogen-bond acceptors (Lipinski definition) is 1. The van der Waals surface area contributed by atoms with Gasteiger partial charge in [-0.2, -0.15) is 0 Å². The van der Waals surface area contributed by atoms with Gasteiger partial charge in [-0.3, -0.25) is 0 Å². The number of thioether (sulfide) groups is 1. The van der Waals surface area contributed by atoms with Crippen LogP contribution in [0, 0.1) is 0 Å². The topological polar surface area (TPSA) is 15.8 Å².